The zero-order valence-corrected chi connectivity index (χ0v) is 63.6. The second kappa shape index (κ2) is 36.1. The van der Waals surface area contributed by atoms with Gasteiger partial charge in [-0.3, -0.25) is 57.5 Å². The normalized spacial score (nSPS) is 31.9. The maximum atomic E-state index is 15.9. The Hall–Kier alpha value is -6.53. The summed E-state index contributed by atoms with van der Waals surface area (Å²) < 4.78 is 92.7. The van der Waals surface area contributed by atoms with Gasteiger partial charge in [0, 0.05) is 61.3 Å². The van der Waals surface area contributed by atoms with Crippen molar-refractivity contribution >= 4 is 82.5 Å². The first-order chi connectivity index (χ1) is 49.4. The molecule has 14 atom stereocenters. The summed E-state index contributed by atoms with van der Waals surface area (Å²) in [5.74, 6) is -13.5. The number of fused-ring (bicyclic) bond motifs is 3. The Morgan fingerprint density at radius 3 is 1.80 bits per heavy atom. The fourth-order valence-electron chi connectivity index (χ4n) is 17.6. The van der Waals surface area contributed by atoms with Gasteiger partial charge in [0.15, 0.2) is 0 Å². The maximum Gasteiger partial charge on any atom is 0.393 e. The summed E-state index contributed by atoms with van der Waals surface area (Å²) in [6.07, 6.45) is -2.66. The lowest BCUT2D eigenvalue weighted by Crippen LogP contribution is -2.65. The summed E-state index contributed by atoms with van der Waals surface area (Å²) in [5.41, 5.74) is -1.66. The van der Waals surface area contributed by atoms with Crippen LogP contribution in [0.4, 0.5) is 26.3 Å². The highest BCUT2D eigenvalue weighted by atomic mass is 35.5. The van der Waals surface area contributed by atoms with Crippen molar-refractivity contribution in [2.45, 2.75) is 278 Å². The quantitative estimate of drug-likeness (QED) is 0.164. The molecule has 8 fully saturated rings. The summed E-state index contributed by atoms with van der Waals surface area (Å²) in [6, 6.07) is -13.2. The molecular formula is C73H113ClF6N12O13. The molecule has 32 heteroatoms. The smallest absolute Gasteiger partial charge is 0.377 e. The number of nitrogens with zero attached hydrogens (tertiary/aromatic N) is 9. The highest BCUT2D eigenvalue weighted by molar-refractivity contribution is 6.21. The van der Waals surface area contributed by atoms with E-state index in [1.807, 2.05) is 0 Å². The molecule has 8 aliphatic rings. The minimum Gasteiger partial charge on any atom is -0.377 e. The van der Waals surface area contributed by atoms with E-state index >= 15 is 28.8 Å². The Balaban J connectivity index is 1.18. The number of nitrogens with one attached hydrogen (secondary N) is 3. The fraction of sp³-hybridized carbons (Fsp3) is 0.836. The summed E-state index contributed by atoms with van der Waals surface area (Å²) in [6.45, 7) is 3.55. The highest BCUT2D eigenvalue weighted by Gasteiger charge is 2.54. The zero-order chi connectivity index (χ0) is 77.3. The van der Waals surface area contributed by atoms with E-state index < -0.39 is 204 Å². The summed E-state index contributed by atoms with van der Waals surface area (Å²) >= 11 is 6.40. The van der Waals surface area contributed by atoms with E-state index in [1.54, 1.807) is 18.7 Å². The van der Waals surface area contributed by atoms with Crippen molar-refractivity contribution in [3.8, 4) is 0 Å². The molecule has 592 valence electrons. The molecule has 8 rings (SSSR count). The first-order valence-electron chi connectivity index (χ1n) is 38.1. The first-order valence-corrected chi connectivity index (χ1v) is 38.5. The van der Waals surface area contributed by atoms with Crippen molar-refractivity contribution in [2.75, 3.05) is 82.2 Å². The predicted molar refractivity (Wildman–Crippen MR) is 374 cm³/mol. The van der Waals surface area contributed by atoms with Crippen LogP contribution >= 0.6 is 11.6 Å². The van der Waals surface area contributed by atoms with E-state index in [0.29, 0.717) is 62.7 Å². The Labute approximate surface area is 618 Å². The van der Waals surface area contributed by atoms with Gasteiger partial charge in [-0.2, -0.15) is 26.3 Å². The van der Waals surface area contributed by atoms with Gasteiger partial charge in [-0.25, -0.2) is 0 Å². The van der Waals surface area contributed by atoms with Crippen LogP contribution in [0, 0.1) is 29.6 Å². The number of ether oxygens (including phenoxy) is 1. The third kappa shape index (κ3) is 20.2. The molecule has 0 aromatic carbocycles. The molecule has 3 N–H and O–H groups in total. The van der Waals surface area contributed by atoms with Crippen molar-refractivity contribution in [3.05, 3.63) is 0 Å². The van der Waals surface area contributed by atoms with Gasteiger partial charge in [-0.05, 0) is 120 Å². The van der Waals surface area contributed by atoms with Crippen molar-refractivity contribution in [3.63, 3.8) is 0 Å². The molecule has 2 bridgehead atoms. The van der Waals surface area contributed by atoms with Gasteiger partial charge in [0.05, 0.1) is 57.1 Å². The van der Waals surface area contributed by atoms with Crippen LogP contribution < -0.4 is 16.0 Å². The maximum absolute atomic E-state index is 15.9. The fourth-order valence-corrected chi connectivity index (χ4v) is 18.2. The van der Waals surface area contributed by atoms with Crippen molar-refractivity contribution in [2.24, 2.45) is 29.6 Å². The van der Waals surface area contributed by atoms with Crippen LogP contribution in [-0.4, -0.2) is 281 Å². The van der Waals surface area contributed by atoms with Gasteiger partial charge in [-0.1, -0.05) is 84.5 Å². The van der Waals surface area contributed by atoms with Crippen molar-refractivity contribution in [1.29, 1.82) is 0 Å². The third-order valence-electron chi connectivity index (χ3n) is 24.5. The molecule has 25 nitrogen and oxygen atoms in total. The third-order valence-corrected chi connectivity index (χ3v) is 25.0. The molecule has 0 aromatic rings. The monoisotopic (exact) mass is 1510 g/mol. The van der Waals surface area contributed by atoms with E-state index in [9.17, 15) is 55.1 Å². The number of halogens is 7. The van der Waals surface area contributed by atoms with E-state index in [-0.39, 0.29) is 89.9 Å². The minimum atomic E-state index is -5.11. The molecule has 5 unspecified atom stereocenters. The molecular weight excluding hydrogens is 1400 g/mol. The molecule has 4 saturated heterocycles. The molecule has 0 radical (unpaired) electrons. The number of morpholine rings is 1. The molecule has 105 heavy (non-hydrogen) atoms. The molecule has 1 spiro atoms. The Bertz CT molecular complexity index is 3120. The number of rotatable bonds is 10. The second-order valence-electron chi connectivity index (χ2n) is 31.6. The van der Waals surface area contributed by atoms with Crippen LogP contribution in [0.15, 0.2) is 0 Å². The second-order valence-corrected chi connectivity index (χ2v) is 32.2. The molecule has 4 heterocycles. The van der Waals surface area contributed by atoms with E-state index in [0.717, 1.165) is 65.2 Å². The van der Waals surface area contributed by atoms with Crippen LogP contribution in [0.25, 0.3) is 0 Å². The van der Waals surface area contributed by atoms with Crippen LogP contribution in [0.5, 0.6) is 0 Å². The Morgan fingerprint density at radius 1 is 0.610 bits per heavy atom. The zero-order valence-electron chi connectivity index (χ0n) is 62.8. The number of carbonyl (C=O) groups excluding carboxylic acids is 12. The minimum absolute atomic E-state index is 0.0182. The number of hydrogen-bond donors (Lipinski definition) is 3. The average Bonchev–Trinajstić information content (AvgIpc) is 1.77. The van der Waals surface area contributed by atoms with Crippen LogP contribution in [0.1, 0.15) is 194 Å². The topological polar surface area (TPSA) is 279 Å². The van der Waals surface area contributed by atoms with E-state index in [2.05, 4.69) is 16.0 Å². The first kappa shape index (κ1) is 84.1. The predicted octanol–water partition coefficient (Wildman–Crippen LogP) is 6.16. The lowest BCUT2D eigenvalue weighted by atomic mass is 9.78. The van der Waals surface area contributed by atoms with Crippen LogP contribution in [-0.2, 0) is 62.3 Å². The number of amides is 12. The lowest BCUT2D eigenvalue weighted by Gasteiger charge is -2.44. The van der Waals surface area contributed by atoms with E-state index in [4.69, 9.17) is 16.3 Å². The Morgan fingerprint density at radius 2 is 1.21 bits per heavy atom. The number of carbonyl (C=O) groups is 12. The lowest BCUT2D eigenvalue weighted by molar-refractivity contribution is -0.182. The van der Waals surface area contributed by atoms with Gasteiger partial charge in [-0.15, -0.1) is 11.6 Å². The number of hydrogen-bond acceptors (Lipinski definition) is 13. The largest absolute Gasteiger partial charge is 0.393 e. The highest BCUT2D eigenvalue weighted by Crippen LogP contribution is 2.44. The van der Waals surface area contributed by atoms with Gasteiger partial charge in [0.2, 0.25) is 70.9 Å². The number of alkyl halides is 7. The number of likely N-dealkylation sites (N-methyl/N-ethyl adjacent to an activating group) is 7. The summed E-state index contributed by atoms with van der Waals surface area (Å²) in [4.78, 5) is 191. The van der Waals surface area contributed by atoms with Gasteiger partial charge < -0.3 is 64.8 Å². The summed E-state index contributed by atoms with van der Waals surface area (Å²) in [5, 5.41) is 7.06. The van der Waals surface area contributed by atoms with Gasteiger partial charge in [0.1, 0.15) is 53.9 Å². The molecule has 4 saturated carbocycles. The van der Waals surface area contributed by atoms with Crippen LogP contribution in [0.3, 0.4) is 0 Å². The van der Waals surface area contributed by atoms with Gasteiger partial charge in [0.25, 0.3) is 0 Å². The molecule has 4 aliphatic heterocycles. The molecule has 12 amide bonds. The average molecular weight is 1520 g/mol. The SMILES string of the molecule is CC[C@H](C)[C@@H]1NC(=O)[C@H](CC(F)(F)F)N(C)C(=O)C[C@@H](C(=O)N2C3CCC2COC3)N(C)C(=O)[C@H](C2CCCCC2)N(C)C(=O)C2(CCCC2)NC(=O)[C@@H]2CCCN2C(=O)[C@H](CCC2CCC(C(F)(F)F)C(Cl)C2)NC(=O)CN(C)C(=O)[C@H](CC2CCCCC2)N(C)C(=O)CN(C)C(=O)[C@H](C)N(C)C1=O. The van der Waals surface area contributed by atoms with Crippen molar-refractivity contribution in [1.82, 2.24) is 60.0 Å². The van der Waals surface area contributed by atoms with Crippen LogP contribution in [0.2, 0.25) is 0 Å². The summed E-state index contributed by atoms with van der Waals surface area (Å²) in [7, 11) is 8.95. The molecule has 0 aromatic heterocycles. The Kier molecular flexibility index (Phi) is 28.9. The van der Waals surface area contributed by atoms with Gasteiger partial charge >= 0.3 is 12.4 Å². The standard InChI is InChI=1S/C73H113ClF6N12O13/c1-11-43(2)60-68(102)86(6)44(3)64(98)85(5)40-59(95)87(7)54(36-45-21-14-12-15-22-45)66(100)84(4)39-57(93)81-52(31-27-46-26-30-50(51(74)35-46)73(78,79)80)65(99)91-34-20-25-53(91)63(97)83-71(32-18-19-33-71)70(104)90(10)61(47-23-16-13-17-24-47)69(103)89(9)55(67(101)92-48-28-29-49(92)42-105-41-48)37-58(94)88(8)56(62(96)82-60)38-72(75,76)77/h43-56,60-61H,11-42H2,1-10H3,(H,81,93)(H,82,96)(H,83,97)/t43-,44-,46?,48?,49?,50?,51?,52-,53-,54-,55-,56-,60-,61-/m0/s1. The van der Waals surface area contributed by atoms with E-state index in [1.165, 1.54) is 63.9 Å². The van der Waals surface area contributed by atoms with Crippen molar-refractivity contribution < 1.29 is 88.6 Å². The molecule has 4 aliphatic carbocycles.